The lowest BCUT2D eigenvalue weighted by molar-refractivity contribution is -0.110. The first-order valence-corrected chi connectivity index (χ1v) is 5.45. The lowest BCUT2D eigenvalue weighted by atomic mass is 9.88. The van der Waals surface area contributed by atoms with Crippen LogP contribution in [-0.4, -0.2) is 26.5 Å². The van der Waals surface area contributed by atoms with E-state index < -0.39 is 33.6 Å². The number of hydrogen-bond donors (Lipinski definition) is 0. The van der Waals surface area contributed by atoms with Crippen LogP contribution in [0.4, 0.5) is 22.0 Å². The molecule has 0 saturated carbocycles. The van der Waals surface area contributed by atoms with Crippen molar-refractivity contribution >= 4 is 10.1 Å². The minimum Gasteiger partial charge on any atom is -0.262 e. The van der Waals surface area contributed by atoms with Crippen molar-refractivity contribution in [3.8, 4) is 0 Å². The van der Waals surface area contributed by atoms with Crippen molar-refractivity contribution < 1.29 is 34.6 Å². The van der Waals surface area contributed by atoms with Crippen LogP contribution < -0.4 is 0 Å². The summed E-state index contributed by atoms with van der Waals surface area (Å²) in [5, 5.41) is 0. The normalized spacial score (nSPS) is 15.2. The van der Waals surface area contributed by atoms with Gasteiger partial charge in [-0.1, -0.05) is 13.8 Å². The first-order valence-electron chi connectivity index (χ1n) is 4.04. The summed E-state index contributed by atoms with van der Waals surface area (Å²) in [6.45, 7) is 1.02. The third-order valence-corrected chi connectivity index (χ3v) is 3.04. The van der Waals surface area contributed by atoms with Gasteiger partial charge < -0.3 is 0 Å². The van der Waals surface area contributed by atoms with Gasteiger partial charge in [-0.05, 0) is 6.92 Å². The minimum absolute atomic E-state index is 0.469. The van der Waals surface area contributed by atoms with Crippen molar-refractivity contribution in [1.29, 1.82) is 0 Å². The molecule has 0 aliphatic heterocycles. The summed E-state index contributed by atoms with van der Waals surface area (Å²) in [6, 6.07) is 0. The third kappa shape index (κ3) is 3.55. The molecule has 0 N–H and O–H groups in total. The van der Waals surface area contributed by atoms with Crippen molar-refractivity contribution in [2.45, 2.75) is 32.2 Å². The molecule has 0 aliphatic carbocycles. The molecule has 0 radical (unpaired) electrons. The third-order valence-electron chi connectivity index (χ3n) is 2.05. The van der Waals surface area contributed by atoms with Crippen LogP contribution in [0.3, 0.4) is 0 Å². The van der Waals surface area contributed by atoms with E-state index in [-0.39, 0.29) is 0 Å². The molecular formula is C7H11F5O3S. The van der Waals surface area contributed by atoms with E-state index in [1.54, 1.807) is 0 Å². The quantitative estimate of drug-likeness (QED) is 0.448. The first-order chi connectivity index (χ1) is 6.71. The molecule has 0 aromatic heterocycles. The van der Waals surface area contributed by atoms with Gasteiger partial charge in [0.25, 0.3) is 5.92 Å². The lowest BCUT2D eigenvalue weighted by Crippen LogP contribution is -2.39. The zero-order valence-corrected chi connectivity index (χ0v) is 9.55. The van der Waals surface area contributed by atoms with E-state index in [9.17, 15) is 30.4 Å². The SMILES string of the molecule is CC(F)(F)C(C)(C)COS(=O)(=O)C(F)(F)F. The van der Waals surface area contributed by atoms with E-state index in [1.165, 1.54) is 0 Å². The summed E-state index contributed by atoms with van der Waals surface area (Å²) < 4.78 is 85.5. The van der Waals surface area contributed by atoms with E-state index >= 15 is 0 Å². The topological polar surface area (TPSA) is 43.4 Å². The standard InChI is InChI=1S/C7H11F5O3S/c1-5(2,6(3,8)9)4-15-16(13,14)7(10,11)12/h4H2,1-3H3. The Hall–Kier alpha value is -0.440. The molecule has 0 amide bonds. The van der Waals surface area contributed by atoms with E-state index in [0.717, 1.165) is 13.8 Å². The van der Waals surface area contributed by atoms with Gasteiger partial charge in [-0.3, -0.25) is 4.18 Å². The minimum atomic E-state index is -5.82. The van der Waals surface area contributed by atoms with E-state index in [4.69, 9.17) is 0 Å². The molecule has 0 atom stereocenters. The fourth-order valence-corrected chi connectivity index (χ4v) is 1.00. The van der Waals surface area contributed by atoms with Crippen molar-refractivity contribution in [1.82, 2.24) is 0 Å². The zero-order chi connectivity index (χ0) is 13.4. The van der Waals surface area contributed by atoms with Crippen molar-refractivity contribution in [3.63, 3.8) is 0 Å². The number of alkyl halides is 5. The second-order valence-corrected chi connectivity index (χ2v) is 5.54. The van der Waals surface area contributed by atoms with Crippen molar-refractivity contribution in [3.05, 3.63) is 0 Å². The molecule has 0 aromatic rings. The number of hydrogen-bond acceptors (Lipinski definition) is 3. The molecule has 0 heterocycles. The van der Waals surface area contributed by atoms with Gasteiger partial charge in [-0.2, -0.15) is 21.6 Å². The Kier molecular flexibility index (Phi) is 3.99. The van der Waals surface area contributed by atoms with Crippen LogP contribution in [0.5, 0.6) is 0 Å². The molecule has 0 unspecified atom stereocenters. The summed E-state index contributed by atoms with van der Waals surface area (Å²) >= 11 is 0. The van der Waals surface area contributed by atoms with Crippen LogP contribution in [0.25, 0.3) is 0 Å². The summed E-state index contributed by atoms with van der Waals surface area (Å²) in [4.78, 5) is 0. The monoisotopic (exact) mass is 270 g/mol. The lowest BCUT2D eigenvalue weighted by Gasteiger charge is -2.30. The molecule has 0 spiro atoms. The van der Waals surface area contributed by atoms with Gasteiger partial charge in [0.2, 0.25) is 0 Å². The average molecular weight is 270 g/mol. The van der Waals surface area contributed by atoms with Crippen LogP contribution in [-0.2, 0) is 14.3 Å². The Labute approximate surface area is 89.7 Å². The summed E-state index contributed by atoms with van der Waals surface area (Å²) in [6.07, 6.45) is 0. The average Bonchev–Trinajstić information content (AvgIpc) is 1.97. The highest BCUT2D eigenvalue weighted by Crippen LogP contribution is 2.37. The molecular weight excluding hydrogens is 259 g/mol. The molecule has 0 fully saturated rings. The first kappa shape index (κ1) is 15.6. The molecule has 9 heteroatoms. The molecule has 0 aromatic carbocycles. The fraction of sp³-hybridized carbons (Fsp3) is 1.00. The summed E-state index contributed by atoms with van der Waals surface area (Å²) in [5.74, 6) is -3.37. The number of halogens is 5. The van der Waals surface area contributed by atoms with Gasteiger partial charge >= 0.3 is 15.6 Å². The highest BCUT2D eigenvalue weighted by atomic mass is 32.2. The highest BCUT2D eigenvalue weighted by Gasteiger charge is 2.50. The zero-order valence-electron chi connectivity index (χ0n) is 8.73. The van der Waals surface area contributed by atoms with Gasteiger partial charge in [0.1, 0.15) is 0 Å². The Morgan fingerprint density at radius 1 is 1.00 bits per heavy atom. The molecule has 0 aliphatic rings. The largest absolute Gasteiger partial charge is 0.523 e. The predicted molar refractivity (Wildman–Crippen MR) is 45.3 cm³/mol. The van der Waals surface area contributed by atoms with Crippen molar-refractivity contribution in [2.24, 2.45) is 5.41 Å². The Bertz CT molecular complexity index is 338. The Balaban J connectivity index is 4.73. The van der Waals surface area contributed by atoms with Gasteiger partial charge in [0.15, 0.2) is 0 Å². The van der Waals surface area contributed by atoms with Crippen LogP contribution >= 0.6 is 0 Å². The summed E-state index contributed by atoms with van der Waals surface area (Å²) in [7, 11) is -5.82. The molecule has 0 rings (SSSR count). The van der Waals surface area contributed by atoms with Crippen molar-refractivity contribution in [2.75, 3.05) is 6.61 Å². The Morgan fingerprint density at radius 2 is 1.38 bits per heavy atom. The smallest absolute Gasteiger partial charge is 0.262 e. The maximum absolute atomic E-state index is 12.8. The second-order valence-electron chi connectivity index (χ2n) is 3.93. The second kappa shape index (κ2) is 4.10. The van der Waals surface area contributed by atoms with Crippen LogP contribution in [0.15, 0.2) is 0 Å². The maximum atomic E-state index is 12.8. The van der Waals surface area contributed by atoms with E-state index in [1.807, 2.05) is 0 Å². The maximum Gasteiger partial charge on any atom is 0.523 e. The van der Waals surface area contributed by atoms with Gasteiger partial charge in [-0.15, -0.1) is 0 Å². The fourth-order valence-electron chi connectivity index (χ4n) is 0.418. The molecule has 3 nitrogen and oxygen atoms in total. The van der Waals surface area contributed by atoms with Crippen LogP contribution in [0.2, 0.25) is 0 Å². The molecule has 0 saturated heterocycles. The molecule has 98 valence electrons. The van der Waals surface area contributed by atoms with Gasteiger partial charge in [0, 0.05) is 0 Å². The summed E-state index contributed by atoms with van der Waals surface area (Å²) in [5.41, 5.74) is -7.63. The van der Waals surface area contributed by atoms with Crippen LogP contribution in [0, 0.1) is 5.41 Å². The Morgan fingerprint density at radius 3 is 1.62 bits per heavy atom. The molecule has 0 bridgehead atoms. The predicted octanol–water partition coefficient (Wildman–Crippen LogP) is 2.53. The number of rotatable bonds is 4. The van der Waals surface area contributed by atoms with Gasteiger partial charge in [-0.25, -0.2) is 8.78 Å². The highest BCUT2D eigenvalue weighted by molar-refractivity contribution is 7.87. The van der Waals surface area contributed by atoms with E-state index in [0.29, 0.717) is 6.92 Å². The van der Waals surface area contributed by atoms with Crippen LogP contribution in [0.1, 0.15) is 20.8 Å². The molecule has 16 heavy (non-hydrogen) atoms. The van der Waals surface area contributed by atoms with E-state index in [2.05, 4.69) is 4.18 Å². The van der Waals surface area contributed by atoms with Gasteiger partial charge in [0.05, 0.1) is 12.0 Å².